The van der Waals surface area contributed by atoms with Crippen molar-refractivity contribution in [1.82, 2.24) is 0 Å². The average Bonchev–Trinajstić information content (AvgIpc) is 2.90. The molecule has 0 radical (unpaired) electrons. The Kier molecular flexibility index (Phi) is 7.14. The molecule has 3 aromatic carbocycles. The number of carbonyl (C=O) groups excluding carboxylic acids is 1. The van der Waals surface area contributed by atoms with E-state index in [-0.39, 0.29) is 6.10 Å². The molecule has 0 amide bonds. The zero-order chi connectivity index (χ0) is 24.3. The number of fused-ring (bicyclic) bond motifs is 3. The molecule has 6 heteroatoms. The lowest BCUT2D eigenvalue weighted by Crippen LogP contribution is -2.65. The summed E-state index contributed by atoms with van der Waals surface area (Å²) < 4.78 is 14.3. The molecule has 5 nitrogen and oxygen atoms in total. The van der Waals surface area contributed by atoms with E-state index in [1.165, 1.54) is 0 Å². The van der Waals surface area contributed by atoms with Gasteiger partial charge in [0.2, 0.25) is 5.60 Å². The molecule has 182 valence electrons. The average molecular weight is 584 g/mol. The zero-order valence-electron chi connectivity index (χ0n) is 19.7. The molecule has 6 rings (SSSR count). The predicted molar refractivity (Wildman–Crippen MR) is 143 cm³/mol. The Morgan fingerprint density at radius 3 is 2.17 bits per heavy atom. The Morgan fingerprint density at radius 1 is 0.943 bits per heavy atom. The minimum absolute atomic E-state index is 0.207. The predicted octanol–water partition coefficient (Wildman–Crippen LogP) is 4.76. The van der Waals surface area contributed by atoms with Gasteiger partial charge in [-0.1, -0.05) is 66.7 Å². The van der Waals surface area contributed by atoms with Crippen molar-refractivity contribution in [2.45, 2.75) is 24.5 Å². The number of quaternary nitrogens is 1. The quantitative estimate of drug-likeness (QED) is 0.236. The van der Waals surface area contributed by atoms with Gasteiger partial charge in [0.1, 0.15) is 25.4 Å². The second kappa shape index (κ2) is 10.3. The Bertz CT molecular complexity index is 1110. The van der Waals surface area contributed by atoms with Gasteiger partial charge in [0.25, 0.3) is 0 Å². The largest absolute Gasteiger partial charge is 0.488 e. The minimum Gasteiger partial charge on any atom is -0.488 e. The van der Waals surface area contributed by atoms with Crippen LogP contribution in [0.25, 0.3) is 0 Å². The number of ether oxygens (including phenoxy) is 2. The highest BCUT2D eigenvalue weighted by atomic mass is 127. The van der Waals surface area contributed by atoms with Gasteiger partial charge in [0, 0.05) is 22.3 Å². The maximum absolute atomic E-state index is 13.6. The first-order valence-electron chi connectivity index (χ1n) is 12.3. The molecule has 0 aromatic heterocycles. The standard InChI is InChI=1S/C29H31INO4/c30-25-12-7-13-26(20-25)34-19-18-31-16-14-22(15-17-31)27(21-31)35-28(32)29(33,23-8-3-1-4-9-23)24-10-5-2-6-11-24/h1-13,20,22,27,33H,14-19,21H2/q+1. The highest BCUT2D eigenvalue weighted by Crippen LogP contribution is 2.38. The molecule has 3 fully saturated rings. The summed E-state index contributed by atoms with van der Waals surface area (Å²) in [7, 11) is 0. The van der Waals surface area contributed by atoms with Gasteiger partial charge in [-0.2, -0.15) is 0 Å². The molecule has 0 spiro atoms. The van der Waals surface area contributed by atoms with Crippen molar-refractivity contribution >= 4 is 28.6 Å². The van der Waals surface area contributed by atoms with Crippen molar-refractivity contribution in [2.75, 3.05) is 32.8 Å². The van der Waals surface area contributed by atoms with Gasteiger partial charge in [-0.3, -0.25) is 0 Å². The van der Waals surface area contributed by atoms with Gasteiger partial charge in [-0.05, 0) is 51.9 Å². The molecule has 3 aromatic rings. The third-order valence-corrected chi connectivity index (χ3v) is 8.28. The van der Waals surface area contributed by atoms with Crippen LogP contribution in [0.4, 0.5) is 0 Å². The van der Waals surface area contributed by atoms with Crippen LogP contribution in [-0.4, -0.2) is 54.4 Å². The van der Waals surface area contributed by atoms with Crippen LogP contribution < -0.4 is 4.74 Å². The van der Waals surface area contributed by atoms with E-state index in [9.17, 15) is 9.90 Å². The fourth-order valence-electron chi connectivity index (χ4n) is 5.57. The van der Waals surface area contributed by atoms with Crippen molar-refractivity contribution in [3.8, 4) is 5.75 Å². The molecule has 1 unspecified atom stereocenters. The van der Waals surface area contributed by atoms with Crippen LogP contribution in [0.15, 0.2) is 84.9 Å². The van der Waals surface area contributed by atoms with E-state index < -0.39 is 11.6 Å². The van der Waals surface area contributed by atoms with Gasteiger partial charge >= 0.3 is 5.97 Å². The van der Waals surface area contributed by atoms with Gasteiger partial charge in [0.05, 0.1) is 13.1 Å². The first kappa shape index (κ1) is 24.3. The molecule has 3 aliphatic rings. The molecular formula is C29H31INO4+. The Labute approximate surface area is 220 Å². The Hall–Kier alpha value is -2.42. The number of nitrogens with zero attached hydrogens (tertiary/aromatic N) is 1. The number of hydrogen-bond acceptors (Lipinski definition) is 4. The number of carbonyl (C=O) groups is 1. The second-order valence-electron chi connectivity index (χ2n) is 9.72. The van der Waals surface area contributed by atoms with Crippen molar-refractivity contribution < 1.29 is 23.9 Å². The molecule has 0 aliphatic carbocycles. The molecule has 3 aliphatic heterocycles. The molecular weight excluding hydrogens is 553 g/mol. The lowest BCUT2D eigenvalue weighted by atomic mass is 9.82. The third-order valence-electron chi connectivity index (χ3n) is 7.61. The van der Waals surface area contributed by atoms with Crippen molar-refractivity contribution in [3.05, 3.63) is 99.6 Å². The normalized spacial score (nSPS) is 23.6. The molecule has 1 atom stereocenters. The van der Waals surface area contributed by atoms with Crippen molar-refractivity contribution in [2.24, 2.45) is 5.92 Å². The van der Waals surface area contributed by atoms with Crippen LogP contribution in [0.2, 0.25) is 0 Å². The number of piperidine rings is 3. The van der Waals surface area contributed by atoms with E-state index in [4.69, 9.17) is 9.47 Å². The maximum Gasteiger partial charge on any atom is 0.348 e. The SMILES string of the molecule is O=C(OC1C[N+]2(CCOc3cccc(I)c3)CCC1CC2)C(O)(c1ccccc1)c1ccccc1. The lowest BCUT2D eigenvalue weighted by Gasteiger charge is -2.52. The zero-order valence-corrected chi connectivity index (χ0v) is 21.8. The van der Waals surface area contributed by atoms with Crippen molar-refractivity contribution in [3.63, 3.8) is 0 Å². The summed E-state index contributed by atoms with van der Waals surface area (Å²) in [5, 5.41) is 11.8. The van der Waals surface area contributed by atoms with Crippen LogP contribution >= 0.6 is 22.6 Å². The second-order valence-corrected chi connectivity index (χ2v) is 11.0. The fraction of sp³-hybridized carbons (Fsp3) is 0.345. The number of hydrogen-bond donors (Lipinski definition) is 1. The molecule has 3 heterocycles. The van der Waals surface area contributed by atoms with E-state index in [2.05, 4.69) is 28.7 Å². The molecule has 0 saturated carbocycles. The summed E-state index contributed by atoms with van der Waals surface area (Å²) in [5.74, 6) is 0.633. The van der Waals surface area contributed by atoms with Gasteiger partial charge in [-0.15, -0.1) is 0 Å². The van der Waals surface area contributed by atoms with Crippen LogP contribution in [0, 0.1) is 9.49 Å². The van der Waals surface area contributed by atoms with E-state index in [0.717, 1.165) is 52.8 Å². The van der Waals surface area contributed by atoms with E-state index in [1.807, 2.05) is 54.6 Å². The Balaban J connectivity index is 1.30. The lowest BCUT2D eigenvalue weighted by molar-refractivity contribution is -0.946. The van der Waals surface area contributed by atoms with Crippen LogP contribution in [-0.2, 0) is 15.1 Å². The summed E-state index contributed by atoms with van der Waals surface area (Å²) in [6.07, 6.45) is 1.84. The number of halogens is 1. The summed E-state index contributed by atoms with van der Waals surface area (Å²) in [6.45, 7) is 4.44. The minimum atomic E-state index is -1.84. The van der Waals surface area contributed by atoms with Gasteiger partial charge < -0.3 is 19.1 Å². The molecule has 1 N–H and O–H groups in total. The van der Waals surface area contributed by atoms with Gasteiger partial charge in [0.15, 0.2) is 6.10 Å². The van der Waals surface area contributed by atoms with Crippen LogP contribution in [0.3, 0.4) is 0 Å². The van der Waals surface area contributed by atoms with Gasteiger partial charge in [-0.25, -0.2) is 4.79 Å². The summed E-state index contributed by atoms with van der Waals surface area (Å²) in [6, 6.07) is 26.3. The van der Waals surface area contributed by atoms with Crippen LogP contribution in [0.1, 0.15) is 24.0 Å². The highest BCUT2D eigenvalue weighted by molar-refractivity contribution is 14.1. The number of aliphatic hydroxyl groups is 1. The molecule has 35 heavy (non-hydrogen) atoms. The highest BCUT2D eigenvalue weighted by Gasteiger charge is 2.50. The molecule has 3 saturated heterocycles. The molecule has 2 bridgehead atoms. The van der Waals surface area contributed by atoms with E-state index in [0.29, 0.717) is 23.7 Å². The summed E-state index contributed by atoms with van der Waals surface area (Å²) >= 11 is 2.29. The van der Waals surface area contributed by atoms with Crippen molar-refractivity contribution in [1.29, 1.82) is 0 Å². The van der Waals surface area contributed by atoms with E-state index in [1.54, 1.807) is 24.3 Å². The number of benzene rings is 3. The third kappa shape index (κ3) is 5.10. The first-order chi connectivity index (χ1) is 17.0. The fourth-order valence-corrected chi connectivity index (χ4v) is 6.08. The topological polar surface area (TPSA) is 55.8 Å². The summed E-state index contributed by atoms with van der Waals surface area (Å²) in [4.78, 5) is 13.6. The summed E-state index contributed by atoms with van der Waals surface area (Å²) in [5.41, 5.74) is -0.799. The van der Waals surface area contributed by atoms with E-state index >= 15 is 0 Å². The monoisotopic (exact) mass is 584 g/mol. The Morgan fingerprint density at radius 2 is 1.57 bits per heavy atom. The van der Waals surface area contributed by atoms with Crippen LogP contribution in [0.5, 0.6) is 5.75 Å². The smallest absolute Gasteiger partial charge is 0.348 e. The first-order valence-corrected chi connectivity index (χ1v) is 13.3. The number of rotatable bonds is 8. The maximum atomic E-state index is 13.6. The number of esters is 1.